The Labute approximate surface area is 105 Å². The van der Waals surface area contributed by atoms with Gasteiger partial charge in [0.05, 0.1) is 24.8 Å². The van der Waals surface area contributed by atoms with E-state index in [-0.39, 0.29) is 11.6 Å². The molecule has 3 nitrogen and oxygen atoms in total. The van der Waals surface area contributed by atoms with Gasteiger partial charge in [-0.2, -0.15) is 0 Å². The van der Waals surface area contributed by atoms with Crippen LogP contribution in [0.15, 0.2) is 18.2 Å². The molecular formula is C12H15ClFNO2. The molecular weight excluding hydrogens is 245 g/mol. The minimum Gasteiger partial charge on any atom is -0.344 e. The maximum Gasteiger partial charge on any atom is 0.209 e. The van der Waals surface area contributed by atoms with Crippen molar-refractivity contribution in [3.63, 3.8) is 0 Å². The van der Waals surface area contributed by atoms with Crippen molar-refractivity contribution in [2.45, 2.75) is 12.7 Å². The van der Waals surface area contributed by atoms with Gasteiger partial charge in [-0.15, -0.1) is 0 Å². The standard InChI is InChI=1S/C12H15ClFNO2/c1-8-5-16-12(7-15,17-6-8)10-3-2-9(14)4-11(10)13/h2-4,8H,5-7,15H2,1H3. The van der Waals surface area contributed by atoms with Crippen LogP contribution in [0.2, 0.25) is 5.02 Å². The third-order valence-electron chi connectivity index (χ3n) is 2.81. The highest BCUT2D eigenvalue weighted by molar-refractivity contribution is 6.31. The van der Waals surface area contributed by atoms with E-state index < -0.39 is 11.6 Å². The lowest BCUT2D eigenvalue weighted by atomic mass is 10.0. The van der Waals surface area contributed by atoms with Gasteiger partial charge in [-0.3, -0.25) is 0 Å². The molecule has 0 saturated carbocycles. The van der Waals surface area contributed by atoms with Crippen LogP contribution in [0.3, 0.4) is 0 Å². The summed E-state index contributed by atoms with van der Waals surface area (Å²) in [7, 11) is 0. The first-order valence-electron chi connectivity index (χ1n) is 5.51. The van der Waals surface area contributed by atoms with Gasteiger partial charge in [0, 0.05) is 11.5 Å². The molecule has 1 aromatic rings. The van der Waals surface area contributed by atoms with Crippen LogP contribution in [0.5, 0.6) is 0 Å². The minimum atomic E-state index is -1.04. The normalized spacial score (nSPS) is 29.3. The van der Waals surface area contributed by atoms with Crippen molar-refractivity contribution in [2.24, 2.45) is 11.7 Å². The molecule has 1 saturated heterocycles. The predicted molar refractivity (Wildman–Crippen MR) is 63.2 cm³/mol. The van der Waals surface area contributed by atoms with Crippen LogP contribution in [-0.2, 0) is 15.3 Å². The molecule has 0 atom stereocenters. The van der Waals surface area contributed by atoms with Gasteiger partial charge in [0.25, 0.3) is 0 Å². The third-order valence-corrected chi connectivity index (χ3v) is 3.12. The van der Waals surface area contributed by atoms with Gasteiger partial charge in [0.1, 0.15) is 5.82 Å². The third kappa shape index (κ3) is 2.45. The summed E-state index contributed by atoms with van der Waals surface area (Å²) in [5.74, 6) is -1.12. The smallest absolute Gasteiger partial charge is 0.209 e. The van der Waals surface area contributed by atoms with Crippen LogP contribution in [0.25, 0.3) is 0 Å². The summed E-state index contributed by atoms with van der Waals surface area (Å²) < 4.78 is 24.4. The Kier molecular flexibility index (Phi) is 3.68. The fourth-order valence-electron chi connectivity index (χ4n) is 1.83. The topological polar surface area (TPSA) is 44.5 Å². The van der Waals surface area contributed by atoms with Crippen LogP contribution in [0, 0.1) is 11.7 Å². The van der Waals surface area contributed by atoms with E-state index in [1.54, 1.807) is 6.07 Å². The SMILES string of the molecule is CC1COC(CN)(c2ccc(F)cc2Cl)OC1. The maximum absolute atomic E-state index is 13.0. The van der Waals surface area contributed by atoms with Crippen molar-refractivity contribution < 1.29 is 13.9 Å². The van der Waals surface area contributed by atoms with E-state index in [9.17, 15) is 4.39 Å². The Hall–Kier alpha value is -0.680. The van der Waals surface area contributed by atoms with Crippen molar-refractivity contribution in [3.05, 3.63) is 34.6 Å². The molecule has 0 unspecified atom stereocenters. The van der Waals surface area contributed by atoms with E-state index in [0.717, 1.165) is 0 Å². The Morgan fingerprint density at radius 1 is 1.47 bits per heavy atom. The summed E-state index contributed by atoms with van der Waals surface area (Å²) in [6.07, 6.45) is 0. The average molecular weight is 260 g/mol. The number of hydrogen-bond acceptors (Lipinski definition) is 3. The first kappa shape index (κ1) is 12.8. The molecule has 1 aliphatic heterocycles. The Balaban J connectivity index is 2.34. The summed E-state index contributed by atoms with van der Waals surface area (Å²) >= 11 is 6.01. The molecule has 0 bridgehead atoms. The molecule has 1 aromatic carbocycles. The molecule has 0 aliphatic carbocycles. The van der Waals surface area contributed by atoms with Gasteiger partial charge in [-0.25, -0.2) is 4.39 Å². The van der Waals surface area contributed by atoms with Crippen molar-refractivity contribution >= 4 is 11.6 Å². The largest absolute Gasteiger partial charge is 0.344 e. The lowest BCUT2D eigenvalue weighted by Gasteiger charge is -2.39. The molecule has 0 spiro atoms. The fraction of sp³-hybridized carbons (Fsp3) is 0.500. The van der Waals surface area contributed by atoms with Gasteiger partial charge >= 0.3 is 0 Å². The zero-order valence-electron chi connectivity index (χ0n) is 9.58. The number of rotatable bonds is 2. The van der Waals surface area contributed by atoms with E-state index in [2.05, 4.69) is 0 Å². The quantitative estimate of drug-likeness (QED) is 0.886. The molecule has 1 heterocycles. The van der Waals surface area contributed by atoms with Crippen LogP contribution >= 0.6 is 11.6 Å². The highest BCUT2D eigenvalue weighted by atomic mass is 35.5. The van der Waals surface area contributed by atoms with Gasteiger partial charge in [0.2, 0.25) is 5.79 Å². The van der Waals surface area contributed by atoms with Crippen LogP contribution in [-0.4, -0.2) is 19.8 Å². The summed E-state index contributed by atoms with van der Waals surface area (Å²) in [5, 5.41) is 0.269. The van der Waals surface area contributed by atoms with Crippen LogP contribution in [0.1, 0.15) is 12.5 Å². The molecule has 5 heteroatoms. The van der Waals surface area contributed by atoms with E-state index >= 15 is 0 Å². The molecule has 17 heavy (non-hydrogen) atoms. The van der Waals surface area contributed by atoms with E-state index in [4.69, 9.17) is 26.8 Å². The minimum absolute atomic E-state index is 0.144. The molecule has 1 fully saturated rings. The number of benzene rings is 1. The highest BCUT2D eigenvalue weighted by Crippen LogP contribution is 2.35. The fourth-order valence-corrected chi connectivity index (χ4v) is 2.14. The van der Waals surface area contributed by atoms with Crippen LogP contribution in [0.4, 0.5) is 4.39 Å². The second-order valence-corrected chi connectivity index (χ2v) is 4.72. The molecule has 0 radical (unpaired) electrons. The number of ether oxygens (including phenoxy) is 2. The Morgan fingerprint density at radius 3 is 2.65 bits per heavy atom. The number of nitrogens with two attached hydrogens (primary N) is 1. The van der Waals surface area contributed by atoms with E-state index in [1.807, 2.05) is 6.92 Å². The molecule has 2 rings (SSSR count). The molecule has 0 aromatic heterocycles. The van der Waals surface area contributed by atoms with Crippen molar-refractivity contribution in [2.75, 3.05) is 19.8 Å². The predicted octanol–water partition coefficient (Wildman–Crippen LogP) is 2.27. The van der Waals surface area contributed by atoms with Gasteiger partial charge in [-0.05, 0) is 18.2 Å². The van der Waals surface area contributed by atoms with Crippen molar-refractivity contribution in [1.82, 2.24) is 0 Å². The molecule has 2 N–H and O–H groups in total. The van der Waals surface area contributed by atoms with Gasteiger partial charge in [-0.1, -0.05) is 18.5 Å². The zero-order valence-corrected chi connectivity index (χ0v) is 10.3. The lowest BCUT2D eigenvalue weighted by molar-refractivity contribution is -0.284. The summed E-state index contributed by atoms with van der Waals surface area (Å²) in [4.78, 5) is 0. The number of hydrogen-bond donors (Lipinski definition) is 1. The first-order chi connectivity index (χ1) is 8.07. The Morgan fingerprint density at radius 2 is 2.12 bits per heavy atom. The van der Waals surface area contributed by atoms with Gasteiger partial charge in [0.15, 0.2) is 0 Å². The first-order valence-corrected chi connectivity index (χ1v) is 5.89. The molecule has 1 aliphatic rings. The summed E-state index contributed by atoms with van der Waals surface area (Å²) in [5.41, 5.74) is 6.30. The second-order valence-electron chi connectivity index (χ2n) is 4.31. The van der Waals surface area contributed by atoms with Crippen molar-refractivity contribution in [1.29, 1.82) is 0 Å². The zero-order chi connectivity index (χ0) is 12.5. The highest BCUT2D eigenvalue weighted by Gasteiger charge is 2.39. The average Bonchev–Trinajstić information content (AvgIpc) is 2.31. The van der Waals surface area contributed by atoms with E-state index in [0.29, 0.717) is 24.7 Å². The van der Waals surface area contributed by atoms with Gasteiger partial charge < -0.3 is 15.2 Å². The van der Waals surface area contributed by atoms with Crippen molar-refractivity contribution in [3.8, 4) is 0 Å². The molecule has 0 amide bonds. The van der Waals surface area contributed by atoms with Crippen LogP contribution < -0.4 is 5.73 Å². The second kappa shape index (κ2) is 4.90. The summed E-state index contributed by atoms with van der Waals surface area (Å²) in [6, 6.07) is 4.11. The number of halogens is 2. The molecule has 94 valence electrons. The maximum atomic E-state index is 13.0. The monoisotopic (exact) mass is 259 g/mol. The van der Waals surface area contributed by atoms with E-state index in [1.165, 1.54) is 12.1 Å². The summed E-state index contributed by atoms with van der Waals surface area (Å²) in [6.45, 7) is 3.26. The lowest BCUT2D eigenvalue weighted by Crippen LogP contribution is -2.46. The Bertz CT molecular complexity index is 405.